The largest absolute Gasteiger partial charge is 0.317 e. The molecular formula is C10H13ClN2. The average molecular weight is 197 g/mol. The highest BCUT2D eigenvalue weighted by Gasteiger charge is 2.17. The van der Waals surface area contributed by atoms with Crippen LogP contribution in [0.5, 0.6) is 0 Å². The molecule has 1 aliphatic rings. The Kier molecular flexibility index (Phi) is 2.81. The first-order valence-electron chi connectivity index (χ1n) is 4.69. The minimum absolute atomic E-state index is 0.599. The van der Waals surface area contributed by atoms with Crippen molar-refractivity contribution in [3.63, 3.8) is 0 Å². The fraction of sp³-hybridized carbons (Fsp3) is 0.500. The molecule has 2 nitrogen and oxygen atoms in total. The fourth-order valence-electron chi connectivity index (χ4n) is 1.84. The highest BCUT2D eigenvalue weighted by molar-refractivity contribution is 6.30. The van der Waals surface area contributed by atoms with Crippen molar-refractivity contribution in [1.82, 2.24) is 10.3 Å². The van der Waals surface area contributed by atoms with Crippen LogP contribution in [0.2, 0.25) is 5.15 Å². The lowest BCUT2D eigenvalue weighted by Gasteiger charge is -2.23. The maximum Gasteiger partial charge on any atom is 0.132 e. The zero-order valence-electron chi connectivity index (χ0n) is 7.46. The van der Waals surface area contributed by atoms with E-state index < -0.39 is 0 Å². The number of nitrogens with one attached hydrogen (secondary N) is 1. The van der Waals surface area contributed by atoms with Crippen LogP contribution in [-0.2, 0) is 0 Å². The van der Waals surface area contributed by atoms with Crippen LogP contribution in [0.1, 0.15) is 24.3 Å². The van der Waals surface area contributed by atoms with E-state index in [0.717, 1.165) is 13.1 Å². The van der Waals surface area contributed by atoms with Crippen LogP contribution >= 0.6 is 11.6 Å². The zero-order chi connectivity index (χ0) is 9.10. The summed E-state index contributed by atoms with van der Waals surface area (Å²) in [6.07, 6.45) is 4.09. The van der Waals surface area contributed by atoms with Gasteiger partial charge in [-0.25, -0.2) is 4.98 Å². The Morgan fingerprint density at radius 2 is 2.15 bits per heavy atom. The lowest BCUT2D eigenvalue weighted by Crippen LogP contribution is -2.26. The third-order valence-electron chi connectivity index (χ3n) is 2.57. The van der Waals surface area contributed by atoms with Crippen molar-refractivity contribution in [2.45, 2.75) is 18.8 Å². The number of rotatable bonds is 1. The summed E-state index contributed by atoms with van der Waals surface area (Å²) in [5.41, 5.74) is 1.21. The van der Waals surface area contributed by atoms with Crippen LogP contribution in [0.4, 0.5) is 0 Å². The Morgan fingerprint density at radius 1 is 1.38 bits per heavy atom. The minimum Gasteiger partial charge on any atom is -0.317 e. The van der Waals surface area contributed by atoms with Crippen LogP contribution in [0.25, 0.3) is 0 Å². The molecule has 0 unspecified atom stereocenters. The molecule has 1 N–H and O–H groups in total. The van der Waals surface area contributed by atoms with Gasteiger partial charge in [-0.3, -0.25) is 0 Å². The first kappa shape index (κ1) is 8.97. The molecule has 3 heteroatoms. The quantitative estimate of drug-likeness (QED) is 0.697. The normalized spacial score (nSPS) is 18.8. The second kappa shape index (κ2) is 4.07. The Balaban J connectivity index is 2.18. The standard InChI is InChI=1S/C10H13ClN2/c11-10-9(2-1-5-13-10)8-3-6-12-7-4-8/h1-2,5,8,12H,3-4,6-7H2. The van der Waals surface area contributed by atoms with Crippen LogP contribution in [-0.4, -0.2) is 18.1 Å². The zero-order valence-corrected chi connectivity index (χ0v) is 8.22. The summed E-state index contributed by atoms with van der Waals surface area (Å²) >= 11 is 6.03. The van der Waals surface area contributed by atoms with Crippen molar-refractivity contribution >= 4 is 11.6 Å². The van der Waals surface area contributed by atoms with Crippen LogP contribution in [0.15, 0.2) is 18.3 Å². The van der Waals surface area contributed by atoms with E-state index in [4.69, 9.17) is 11.6 Å². The van der Waals surface area contributed by atoms with Crippen molar-refractivity contribution < 1.29 is 0 Å². The van der Waals surface area contributed by atoms with Gasteiger partial charge in [-0.05, 0) is 43.5 Å². The molecule has 0 amide bonds. The summed E-state index contributed by atoms with van der Waals surface area (Å²) in [5, 5.41) is 4.02. The van der Waals surface area contributed by atoms with E-state index in [1.807, 2.05) is 6.07 Å². The number of halogens is 1. The molecule has 0 radical (unpaired) electrons. The second-order valence-corrected chi connectivity index (χ2v) is 3.77. The molecule has 1 saturated heterocycles. The summed E-state index contributed by atoms with van der Waals surface area (Å²) in [5.74, 6) is 0.599. The lowest BCUT2D eigenvalue weighted by molar-refractivity contribution is 0.460. The van der Waals surface area contributed by atoms with E-state index in [1.54, 1.807) is 6.20 Å². The van der Waals surface area contributed by atoms with Gasteiger partial charge in [0, 0.05) is 6.20 Å². The molecule has 13 heavy (non-hydrogen) atoms. The molecule has 0 spiro atoms. The molecule has 1 aromatic rings. The Hall–Kier alpha value is -0.600. The van der Waals surface area contributed by atoms with Gasteiger partial charge in [-0.15, -0.1) is 0 Å². The predicted molar refractivity (Wildman–Crippen MR) is 54.1 cm³/mol. The fourth-order valence-corrected chi connectivity index (χ4v) is 2.11. The molecule has 1 aromatic heterocycles. The van der Waals surface area contributed by atoms with Crippen LogP contribution in [0, 0.1) is 0 Å². The molecule has 0 atom stereocenters. The van der Waals surface area contributed by atoms with Crippen molar-refractivity contribution in [2.24, 2.45) is 0 Å². The molecule has 70 valence electrons. The van der Waals surface area contributed by atoms with E-state index in [-0.39, 0.29) is 0 Å². The monoisotopic (exact) mass is 196 g/mol. The van der Waals surface area contributed by atoms with Gasteiger partial charge in [0.25, 0.3) is 0 Å². The van der Waals surface area contributed by atoms with Gasteiger partial charge in [0.1, 0.15) is 5.15 Å². The topological polar surface area (TPSA) is 24.9 Å². The average Bonchev–Trinajstić information content (AvgIpc) is 2.20. The smallest absolute Gasteiger partial charge is 0.132 e. The number of aromatic nitrogens is 1. The van der Waals surface area contributed by atoms with E-state index in [1.165, 1.54) is 18.4 Å². The summed E-state index contributed by atoms with van der Waals surface area (Å²) in [6, 6.07) is 4.05. The van der Waals surface area contributed by atoms with Gasteiger partial charge in [0.05, 0.1) is 0 Å². The summed E-state index contributed by atoms with van der Waals surface area (Å²) in [4.78, 5) is 4.10. The molecule has 2 heterocycles. The predicted octanol–water partition coefficient (Wildman–Crippen LogP) is 2.20. The second-order valence-electron chi connectivity index (χ2n) is 3.41. The molecule has 0 aliphatic carbocycles. The van der Waals surface area contributed by atoms with Crippen molar-refractivity contribution in [2.75, 3.05) is 13.1 Å². The van der Waals surface area contributed by atoms with Crippen molar-refractivity contribution in [3.8, 4) is 0 Å². The van der Waals surface area contributed by atoms with E-state index >= 15 is 0 Å². The maximum atomic E-state index is 6.03. The third kappa shape index (κ3) is 2.01. The first-order valence-corrected chi connectivity index (χ1v) is 5.07. The van der Waals surface area contributed by atoms with Crippen LogP contribution in [0.3, 0.4) is 0 Å². The molecular weight excluding hydrogens is 184 g/mol. The van der Waals surface area contributed by atoms with Gasteiger partial charge >= 0.3 is 0 Å². The Labute approximate surface area is 83.3 Å². The molecule has 1 aliphatic heterocycles. The Morgan fingerprint density at radius 3 is 2.85 bits per heavy atom. The third-order valence-corrected chi connectivity index (χ3v) is 2.88. The summed E-state index contributed by atoms with van der Waals surface area (Å²) in [7, 11) is 0. The van der Waals surface area contributed by atoms with Gasteiger partial charge in [-0.1, -0.05) is 17.7 Å². The Bertz CT molecular complexity index is 282. The highest BCUT2D eigenvalue weighted by Crippen LogP contribution is 2.29. The summed E-state index contributed by atoms with van der Waals surface area (Å²) < 4.78 is 0. The van der Waals surface area contributed by atoms with Gasteiger partial charge in [-0.2, -0.15) is 0 Å². The van der Waals surface area contributed by atoms with E-state index in [9.17, 15) is 0 Å². The van der Waals surface area contributed by atoms with Crippen LogP contribution < -0.4 is 5.32 Å². The molecule has 1 fully saturated rings. The maximum absolute atomic E-state index is 6.03. The molecule has 2 rings (SSSR count). The van der Waals surface area contributed by atoms with Gasteiger partial charge in [0.15, 0.2) is 0 Å². The van der Waals surface area contributed by atoms with E-state index in [2.05, 4.69) is 16.4 Å². The van der Waals surface area contributed by atoms with Crippen molar-refractivity contribution in [3.05, 3.63) is 29.0 Å². The van der Waals surface area contributed by atoms with Gasteiger partial charge < -0.3 is 5.32 Å². The number of nitrogens with zero attached hydrogens (tertiary/aromatic N) is 1. The summed E-state index contributed by atoms with van der Waals surface area (Å²) in [6.45, 7) is 2.19. The van der Waals surface area contributed by atoms with Crippen molar-refractivity contribution in [1.29, 1.82) is 0 Å². The molecule has 0 saturated carbocycles. The first-order chi connectivity index (χ1) is 6.38. The highest BCUT2D eigenvalue weighted by atomic mass is 35.5. The lowest BCUT2D eigenvalue weighted by atomic mass is 9.91. The molecule has 0 bridgehead atoms. The van der Waals surface area contributed by atoms with Gasteiger partial charge in [0.2, 0.25) is 0 Å². The minimum atomic E-state index is 0.599. The molecule has 0 aromatic carbocycles. The number of pyridine rings is 1. The SMILES string of the molecule is Clc1ncccc1C1CCNCC1. The number of hydrogen-bond acceptors (Lipinski definition) is 2. The number of hydrogen-bond donors (Lipinski definition) is 1. The number of piperidine rings is 1. The van der Waals surface area contributed by atoms with E-state index in [0.29, 0.717) is 11.1 Å².